The van der Waals surface area contributed by atoms with E-state index in [9.17, 15) is 9.59 Å². The molecule has 8 nitrogen and oxygen atoms in total. The van der Waals surface area contributed by atoms with Crippen LogP contribution >= 0.6 is 0 Å². The number of nitrogens with zero attached hydrogens (tertiary/aromatic N) is 1. The highest BCUT2D eigenvalue weighted by Gasteiger charge is 2.23. The lowest BCUT2D eigenvalue weighted by atomic mass is 10.1. The SMILES string of the molecule is NC(N)=NCCC[C@H](N)C(=O)OC(=O)C(N)Cc1ccccc1. The van der Waals surface area contributed by atoms with Crippen LogP contribution in [0.5, 0.6) is 0 Å². The number of nitrogens with two attached hydrogens (primary N) is 4. The first kappa shape index (κ1) is 18.6. The van der Waals surface area contributed by atoms with E-state index in [1.165, 1.54) is 0 Å². The van der Waals surface area contributed by atoms with E-state index in [2.05, 4.69) is 4.99 Å². The monoisotopic (exact) mass is 321 g/mol. The fourth-order valence-corrected chi connectivity index (χ4v) is 1.84. The summed E-state index contributed by atoms with van der Waals surface area (Å²) < 4.78 is 4.71. The summed E-state index contributed by atoms with van der Waals surface area (Å²) in [7, 11) is 0. The van der Waals surface area contributed by atoms with Gasteiger partial charge in [0.05, 0.1) is 0 Å². The molecule has 2 atom stereocenters. The Morgan fingerprint density at radius 3 is 2.26 bits per heavy atom. The van der Waals surface area contributed by atoms with Gasteiger partial charge in [-0.15, -0.1) is 0 Å². The lowest BCUT2D eigenvalue weighted by molar-refractivity contribution is -0.161. The van der Waals surface area contributed by atoms with Crippen LogP contribution in [-0.2, 0) is 20.7 Å². The van der Waals surface area contributed by atoms with Gasteiger partial charge in [-0.3, -0.25) is 4.99 Å². The van der Waals surface area contributed by atoms with Crippen molar-refractivity contribution in [2.24, 2.45) is 27.9 Å². The van der Waals surface area contributed by atoms with Gasteiger partial charge in [-0.05, 0) is 24.8 Å². The van der Waals surface area contributed by atoms with Crippen LogP contribution in [0.15, 0.2) is 35.3 Å². The first-order chi connectivity index (χ1) is 10.9. The Morgan fingerprint density at radius 2 is 1.65 bits per heavy atom. The molecule has 0 heterocycles. The number of carbonyl (C=O) groups is 2. The number of guanidine groups is 1. The van der Waals surface area contributed by atoms with Crippen LogP contribution in [0.2, 0.25) is 0 Å². The van der Waals surface area contributed by atoms with Crippen molar-refractivity contribution >= 4 is 17.9 Å². The fraction of sp³-hybridized carbons (Fsp3) is 0.400. The third-order valence-electron chi connectivity index (χ3n) is 3.07. The number of carbonyl (C=O) groups excluding carboxylic acids is 2. The minimum atomic E-state index is -0.921. The first-order valence-corrected chi connectivity index (χ1v) is 7.26. The molecule has 23 heavy (non-hydrogen) atoms. The van der Waals surface area contributed by atoms with Crippen molar-refractivity contribution in [3.05, 3.63) is 35.9 Å². The molecule has 0 bridgehead atoms. The maximum absolute atomic E-state index is 11.8. The Bertz CT molecular complexity index is 543. The molecule has 0 saturated carbocycles. The van der Waals surface area contributed by atoms with Crippen molar-refractivity contribution in [2.75, 3.05) is 6.54 Å². The number of aliphatic imine (C=N–C) groups is 1. The molecule has 8 N–H and O–H groups in total. The average molecular weight is 321 g/mol. The summed E-state index contributed by atoms with van der Waals surface area (Å²) >= 11 is 0. The van der Waals surface area contributed by atoms with Gasteiger partial charge < -0.3 is 27.7 Å². The zero-order valence-corrected chi connectivity index (χ0v) is 12.9. The summed E-state index contributed by atoms with van der Waals surface area (Å²) in [6.07, 6.45) is 1.09. The molecule has 1 unspecified atom stereocenters. The predicted octanol–water partition coefficient (Wildman–Crippen LogP) is -0.993. The van der Waals surface area contributed by atoms with Gasteiger partial charge in [-0.25, -0.2) is 9.59 Å². The molecule has 1 rings (SSSR count). The Kier molecular flexibility index (Phi) is 7.72. The molecule has 0 saturated heterocycles. The van der Waals surface area contributed by atoms with E-state index in [0.717, 1.165) is 5.56 Å². The van der Waals surface area contributed by atoms with E-state index >= 15 is 0 Å². The predicted molar refractivity (Wildman–Crippen MR) is 87.1 cm³/mol. The average Bonchev–Trinajstić information content (AvgIpc) is 2.51. The maximum Gasteiger partial charge on any atom is 0.330 e. The molecule has 0 spiro atoms. The molecule has 8 heteroatoms. The Balaban J connectivity index is 2.37. The summed E-state index contributed by atoms with van der Waals surface area (Å²) in [6.45, 7) is 0.352. The van der Waals surface area contributed by atoms with Gasteiger partial charge >= 0.3 is 11.9 Å². The Morgan fingerprint density at radius 1 is 1.04 bits per heavy atom. The van der Waals surface area contributed by atoms with Crippen molar-refractivity contribution in [3.8, 4) is 0 Å². The van der Waals surface area contributed by atoms with Crippen LogP contribution in [-0.4, -0.2) is 36.5 Å². The van der Waals surface area contributed by atoms with E-state index in [0.29, 0.717) is 19.4 Å². The van der Waals surface area contributed by atoms with E-state index in [4.69, 9.17) is 27.7 Å². The number of hydrogen-bond donors (Lipinski definition) is 4. The van der Waals surface area contributed by atoms with Gasteiger partial charge in [0.15, 0.2) is 5.96 Å². The molecule has 0 amide bonds. The molecule has 0 aliphatic rings. The van der Waals surface area contributed by atoms with Crippen LogP contribution in [0.1, 0.15) is 18.4 Å². The Hall–Kier alpha value is -2.45. The highest BCUT2D eigenvalue weighted by Crippen LogP contribution is 2.04. The van der Waals surface area contributed by atoms with Crippen molar-refractivity contribution in [3.63, 3.8) is 0 Å². The van der Waals surface area contributed by atoms with Crippen LogP contribution in [0.3, 0.4) is 0 Å². The van der Waals surface area contributed by atoms with Crippen molar-refractivity contribution in [1.29, 1.82) is 0 Å². The highest BCUT2D eigenvalue weighted by atomic mass is 16.6. The van der Waals surface area contributed by atoms with E-state index in [1.807, 2.05) is 30.3 Å². The quantitative estimate of drug-likeness (QED) is 0.157. The molecular formula is C15H23N5O3. The lowest BCUT2D eigenvalue weighted by Crippen LogP contribution is -2.40. The van der Waals surface area contributed by atoms with Crippen molar-refractivity contribution in [1.82, 2.24) is 0 Å². The van der Waals surface area contributed by atoms with Gasteiger partial charge in [0.2, 0.25) is 0 Å². The number of benzene rings is 1. The maximum atomic E-state index is 11.8. The van der Waals surface area contributed by atoms with Gasteiger partial charge in [-0.2, -0.15) is 0 Å². The number of esters is 2. The summed E-state index contributed by atoms with van der Waals surface area (Å²) in [5.74, 6) is -1.62. The van der Waals surface area contributed by atoms with Gasteiger partial charge in [0.25, 0.3) is 0 Å². The smallest absolute Gasteiger partial charge is 0.330 e. The molecule has 1 aromatic carbocycles. The molecule has 0 aliphatic carbocycles. The van der Waals surface area contributed by atoms with Crippen LogP contribution in [0.4, 0.5) is 0 Å². The molecule has 0 fully saturated rings. The minimum absolute atomic E-state index is 0.0248. The summed E-state index contributed by atoms with van der Waals surface area (Å²) in [5.41, 5.74) is 22.6. The number of rotatable bonds is 8. The topological polar surface area (TPSA) is 160 Å². The van der Waals surface area contributed by atoms with Crippen molar-refractivity contribution < 1.29 is 14.3 Å². The molecule has 126 valence electrons. The lowest BCUT2D eigenvalue weighted by Gasteiger charge is -2.13. The third-order valence-corrected chi connectivity index (χ3v) is 3.07. The largest absolute Gasteiger partial charge is 0.391 e. The second-order valence-electron chi connectivity index (χ2n) is 5.09. The summed E-state index contributed by atoms with van der Waals surface area (Å²) in [4.78, 5) is 27.3. The zero-order chi connectivity index (χ0) is 17.2. The normalized spacial score (nSPS) is 13.0. The van der Waals surface area contributed by atoms with E-state index in [-0.39, 0.29) is 12.4 Å². The van der Waals surface area contributed by atoms with Crippen LogP contribution < -0.4 is 22.9 Å². The standard InChI is InChI=1S/C15H23N5O3/c16-11(7-4-8-20-15(18)19)13(21)23-14(22)12(17)9-10-5-2-1-3-6-10/h1-3,5-6,11-12H,4,7-9,16-17H2,(H4,18,19,20)/t11-,12?/m0/s1. The summed E-state index contributed by atoms with van der Waals surface area (Å²) in [6, 6.07) is 7.37. The van der Waals surface area contributed by atoms with Crippen LogP contribution in [0, 0.1) is 0 Å². The first-order valence-electron chi connectivity index (χ1n) is 7.26. The third kappa shape index (κ3) is 7.39. The van der Waals surface area contributed by atoms with E-state index in [1.54, 1.807) is 0 Å². The second kappa shape index (κ2) is 9.54. The van der Waals surface area contributed by atoms with E-state index < -0.39 is 24.0 Å². The minimum Gasteiger partial charge on any atom is -0.391 e. The van der Waals surface area contributed by atoms with Gasteiger partial charge in [0.1, 0.15) is 12.1 Å². The Labute approximate surface area is 134 Å². The summed E-state index contributed by atoms with van der Waals surface area (Å²) in [5, 5.41) is 0. The molecule has 0 aliphatic heterocycles. The highest BCUT2D eigenvalue weighted by molar-refractivity contribution is 5.90. The zero-order valence-electron chi connectivity index (χ0n) is 12.9. The van der Waals surface area contributed by atoms with Gasteiger partial charge in [0, 0.05) is 6.54 Å². The fourth-order valence-electron chi connectivity index (χ4n) is 1.84. The number of hydrogen-bond acceptors (Lipinski definition) is 6. The molecule has 0 aromatic heterocycles. The molecular weight excluding hydrogens is 298 g/mol. The second-order valence-corrected chi connectivity index (χ2v) is 5.09. The number of ether oxygens (including phenoxy) is 1. The molecule has 1 aromatic rings. The van der Waals surface area contributed by atoms with Crippen LogP contribution in [0.25, 0.3) is 0 Å². The van der Waals surface area contributed by atoms with Gasteiger partial charge in [-0.1, -0.05) is 30.3 Å². The molecule has 0 radical (unpaired) electrons. The van der Waals surface area contributed by atoms with Crippen molar-refractivity contribution in [2.45, 2.75) is 31.3 Å².